The third-order valence-corrected chi connectivity index (χ3v) is 1.95. The van der Waals surface area contributed by atoms with Gasteiger partial charge < -0.3 is 15.7 Å². The fraction of sp³-hybridized carbons (Fsp3) is 0.800. The van der Waals surface area contributed by atoms with E-state index in [4.69, 9.17) is 5.11 Å². The smallest absolute Gasteiger partial charge is 0.314 e. The van der Waals surface area contributed by atoms with Crippen molar-refractivity contribution in [3.8, 4) is 0 Å². The molecule has 0 aromatic rings. The molecule has 1 unspecified atom stereocenters. The molecule has 0 aromatic carbocycles. The summed E-state index contributed by atoms with van der Waals surface area (Å²) in [5.74, 6) is -0.880. The van der Waals surface area contributed by atoms with E-state index in [0.29, 0.717) is 13.1 Å². The van der Waals surface area contributed by atoms with E-state index in [0.717, 1.165) is 12.8 Å². The molecule has 0 fully saturated rings. The molecule has 0 bridgehead atoms. The number of aliphatic carboxylic acids is 1. The first-order chi connectivity index (χ1) is 7.06. The second kappa shape index (κ2) is 8.08. The molecule has 15 heavy (non-hydrogen) atoms. The molecule has 2 amide bonds. The lowest BCUT2D eigenvalue weighted by atomic mass is 10.1. The van der Waals surface area contributed by atoms with Gasteiger partial charge in [0.2, 0.25) is 0 Å². The maximum absolute atomic E-state index is 11.1. The Morgan fingerprint density at radius 1 is 1.33 bits per heavy atom. The average Bonchev–Trinajstić information content (AvgIpc) is 2.14. The lowest BCUT2D eigenvalue weighted by molar-refractivity contribution is -0.137. The van der Waals surface area contributed by atoms with Gasteiger partial charge in [-0.2, -0.15) is 0 Å². The molecule has 0 saturated heterocycles. The molecular formula is C10H20N2O3. The number of unbranched alkanes of at least 4 members (excludes halogenated alkanes) is 1. The highest BCUT2D eigenvalue weighted by Gasteiger charge is 2.08. The number of nitrogens with one attached hydrogen (secondary N) is 2. The first-order valence-corrected chi connectivity index (χ1v) is 5.29. The van der Waals surface area contributed by atoms with Gasteiger partial charge in [-0.1, -0.05) is 20.3 Å². The van der Waals surface area contributed by atoms with Crippen molar-refractivity contribution in [2.45, 2.75) is 33.1 Å². The Hall–Kier alpha value is -1.26. The number of hydrogen-bond acceptors (Lipinski definition) is 2. The van der Waals surface area contributed by atoms with Crippen molar-refractivity contribution < 1.29 is 14.7 Å². The Morgan fingerprint density at radius 2 is 2.00 bits per heavy atom. The lowest BCUT2D eigenvalue weighted by Gasteiger charge is -2.11. The monoisotopic (exact) mass is 216 g/mol. The van der Waals surface area contributed by atoms with Gasteiger partial charge in [0.15, 0.2) is 0 Å². The van der Waals surface area contributed by atoms with Gasteiger partial charge in [0.05, 0.1) is 0 Å². The summed E-state index contributed by atoms with van der Waals surface area (Å²) in [5.41, 5.74) is 0. The third-order valence-electron chi connectivity index (χ3n) is 1.95. The number of urea groups is 1. The molecule has 0 saturated carbocycles. The number of carbonyl (C=O) groups excluding carboxylic acids is 1. The lowest BCUT2D eigenvalue weighted by Crippen LogP contribution is -2.38. The zero-order valence-electron chi connectivity index (χ0n) is 9.38. The maximum Gasteiger partial charge on any atom is 0.314 e. The van der Waals surface area contributed by atoms with Crippen LogP contribution in [0.1, 0.15) is 33.1 Å². The van der Waals surface area contributed by atoms with Crippen LogP contribution in [0.2, 0.25) is 0 Å². The summed E-state index contributed by atoms with van der Waals surface area (Å²) in [6.45, 7) is 4.90. The van der Waals surface area contributed by atoms with Crippen LogP contribution in [0.3, 0.4) is 0 Å². The predicted octanol–water partition coefficient (Wildman–Crippen LogP) is 1.20. The Kier molecular flexibility index (Phi) is 7.40. The minimum Gasteiger partial charge on any atom is -0.481 e. The number of rotatable bonds is 7. The van der Waals surface area contributed by atoms with Gasteiger partial charge in [0.1, 0.15) is 0 Å². The number of carboxylic acid groups (broad SMARTS) is 1. The van der Waals surface area contributed by atoms with Crippen LogP contribution < -0.4 is 10.6 Å². The quantitative estimate of drug-likeness (QED) is 0.559. The molecule has 5 nitrogen and oxygen atoms in total. The Morgan fingerprint density at radius 3 is 2.53 bits per heavy atom. The fourth-order valence-corrected chi connectivity index (χ4v) is 1.08. The minimum atomic E-state index is -0.837. The fourth-order valence-electron chi connectivity index (χ4n) is 1.08. The standard InChI is InChI=1S/C10H20N2O3/c1-3-4-5-11-10(15)12-7-8(2)6-9(13)14/h8H,3-7H2,1-2H3,(H,13,14)(H2,11,12,15). The second-order valence-electron chi connectivity index (χ2n) is 3.69. The summed E-state index contributed by atoms with van der Waals surface area (Å²) in [4.78, 5) is 21.5. The van der Waals surface area contributed by atoms with Crippen LogP contribution in [-0.2, 0) is 4.79 Å². The minimum absolute atomic E-state index is 0.0422. The van der Waals surface area contributed by atoms with Crippen molar-refractivity contribution in [1.82, 2.24) is 10.6 Å². The highest BCUT2D eigenvalue weighted by atomic mass is 16.4. The topological polar surface area (TPSA) is 78.4 Å². The molecule has 3 N–H and O–H groups in total. The summed E-state index contributed by atoms with van der Waals surface area (Å²) in [6.07, 6.45) is 2.07. The van der Waals surface area contributed by atoms with E-state index in [1.165, 1.54) is 0 Å². The highest BCUT2D eigenvalue weighted by Crippen LogP contribution is 1.98. The SMILES string of the molecule is CCCCNC(=O)NCC(C)CC(=O)O. The van der Waals surface area contributed by atoms with Crippen molar-refractivity contribution in [3.63, 3.8) is 0 Å². The van der Waals surface area contributed by atoms with Gasteiger partial charge in [-0.05, 0) is 12.3 Å². The summed E-state index contributed by atoms with van der Waals surface area (Å²) in [6, 6.07) is -0.222. The van der Waals surface area contributed by atoms with E-state index in [9.17, 15) is 9.59 Å². The van der Waals surface area contributed by atoms with Crippen LogP contribution in [0.4, 0.5) is 4.79 Å². The van der Waals surface area contributed by atoms with E-state index in [2.05, 4.69) is 17.6 Å². The van der Waals surface area contributed by atoms with Crippen molar-refractivity contribution >= 4 is 12.0 Å². The third kappa shape index (κ3) is 9.05. The van der Waals surface area contributed by atoms with Crippen molar-refractivity contribution in [2.75, 3.05) is 13.1 Å². The predicted molar refractivity (Wildman–Crippen MR) is 57.7 cm³/mol. The summed E-state index contributed by atoms with van der Waals surface area (Å²) < 4.78 is 0. The van der Waals surface area contributed by atoms with Crippen molar-refractivity contribution in [1.29, 1.82) is 0 Å². The molecular weight excluding hydrogens is 196 g/mol. The molecule has 5 heteroatoms. The molecule has 0 aliphatic heterocycles. The Bertz CT molecular complexity index is 207. The first kappa shape index (κ1) is 13.7. The normalized spacial score (nSPS) is 11.9. The van der Waals surface area contributed by atoms with Crippen LogP contribution in [-0.4, -0.2) is 30.2 Å². The number of hydrogen-bond donors (Lipinski definition) is 3. The van der Waals surface area contributed by atoms with E-state index in [1.54, 1.807) is 6.92 Å². The number of carbonyl (C=O) groups is 2. The van der Waals surface area contributed by atoms with Gasteiger partial charge in [-0.15, -0.1) is 0 Å². The molecule has 0 aromatic heterocycles. The molecule has 0 spiro atoms. The molecule has 0 aliphatic rings. The molecule has 0 aliphatic carbocycles. The first-order valence-electron chi connectivity index (χ1n) is 5.29. The molecule has 88 valence electrons. The van der Waals surface area contributed by atoms with Crippen LogP contribution in [0.25, 0.3) is 0 Å². The Balaban J connectivity index is 3.48. The van der Waals surface area contributed by atoms with Gasteiger partial charge in [0.25, 0.3) is 0 Å². The van der Waals surface area contributed by atoms with Gasteiger partial charge in [-0.3, -0.25) is 4.79 Å². The summed E-state index contributed by atoms with van der Waals surface area (Å²) >= 11 is 0. The van der Waals surface area contributed by atoms with E-state index >= 15 is 0 Å². The van der Waals surface area contributed by atoms with Crippen LogP contribution in [0.5, 0.6) is 0 Å². The molecule has 1 atom stereocenters. The van der Waals surface area contributed by atoms with Gasteiger partial charge in [-0.25, -0.2) is 4.79 Å². The van der Waals surface area contributed by atoms with Gasteiger partial charge in [0, 0.05) is 19.5 Å². The van der Waals surface area contributed by atoms with Gasteiger partial charge >= 0.3 is 12.0 Å². The van der Waals surface area contributed by atoms with E-state index in [1.807, 2.05) is 0 Å². The average molecular weight is 216 g/mol. The summed E-state index contributed by atoms with van der Waals surface area (Å²) in [7, 11) is 0. The Labute approximate surface area is 90.2 Å². The van der Waals surface area contributed by atoms with Crippen LogP contribution in [0.15, 0.2) is 0 Å². The van der Waals surface area contributed by atoms with E-state index < -0.39 is 5.97 Å². The zero-order valence-corrected chi connectivity index (χ0v) is 9.38. The molecule has 0 rings (SSSR count). The number of carboxylic acids is 1. The second-order valence-corrected chi connectivity index (χ2v) is 3.69. The van der Waals surface area contributed by atoms with Crippen molar-refractivity contribution in [2.24, 2.45) is 5.92 Å². The largest absolute Gasteiger partial charge is 0.481 e. The highest BCUT2D eigenvalue weighted by molar-refractivity contribution is 5.73. The number of amides is 2. The molecule has 0 radical (unpaired) electrons. The van der Waals surface area contributed by atoms with Crippen LogP contribution in [0, 0.1) is 5.92 Å². The van der Waals surface area contributed by atoms with Crippen LogP contribution >= 0.6 is 0 Å². The zero-order chi connectivity index (χ0) is 11.7. The molecule has 0 heterocycles. The summed E-state index contributed by atoms with van der Waals surface area (Å²) in [5, 5.41) is 13.8. The van der Waals surface area contributed by atoms with E-state index in [-0.39, 0.29) is 18.4 Å². The van der Waals surface area contributed by atoms with Crippen molar-refractivity contribution in [3.05, 3.63) is 0 Å². The maximum atomic E-state index is 11.1.